The average Bonchev–Trinajstić information content (AvgIpc) is 3.59. The number of benzene rings is 4. The number of anilines is 3. The van der Waals surface area contributed by atoms with Crippen molar-refractivity contribution in [1.29, 1.82) is 0 Å². The highest BCUT2D eigenvalue weighted by atomic mass is 79.9. The zero-order valence-corrected chi connectivity index (χ0v) is 34.1. The van der Waals surface area contributed by atoms with E-state index in [0.717, 1.165) is 34.2 Å². The van der Waals surface area contributed by atoms with Crippen molar-refractivity contribution < 1.29 is 43.3 Å². The van der Waals surface area contributed by atoms with Crippen LogP contribution < -0.4 is 20.0 Å². The maximum absolute atomic E-state index is 15.4. The predicted molar refractivity (Wildman–Crippen MR) is 218 cm³/mol. The standard InChI is InChI=1S/C41H33BrClFN6O10/c1-46(2)35-30(49(56)57)16-24(17-31(35)50(58)59)47-37(52)26-13-12-25-27(33(26)39(47)54)18-29-38(53)48(45-23-10-8-22(44)9-11-23)40(55)41(29,19-4-6-21(43)7-5-19)34(25)28-14-20(42)15-32(60-3)36(28)51/h4-12,14-17,26-27,29,33-34,45,51H,13,18H2,1-3H3/t26-,27+,29-,33-,34+,41+/m0/s1. The summed E-state index contributed by atoms with van der Waals surface area (Å²) in [5.74, 6) is -9.59. The van der Waals surface area contributed by atoms with Gasteiger partial charge in [-0.1, -0.05) is 51.3 Å². The largest absolute Gasteiger partial charge is 0.504 e. The van der Waals surface area contributed by atoms with E-state index in [9.17, 15) is 44.1 Å². The highest BCUT2D eigenvalue weighted by Crippen LogP contribution is 2.65. The molecule has 2 aliphatic carbocycles. The molecule has 0 unspecified atom stereocenters. The fourth-order valence-electron chi connectivity index (χ4n) is 9.68. The van der Waals surface area contributed by atoms with Crippen molar-refractivity contribution >= 4 is 79.6 Å². The van der Waals surface area contributed by atoms with Gasteiger partial charge in [0, 0.05) is 47.2 Å². The zero-order valence-electron chi connectivity index (χ0n) is 31.8. The molecule has 4 amide bonds. The first kappa shape index (κ1) is 40.4. The van der Waals surface area contributed by atoms with E-state index in [4.69, 9.17) is 16.3 Å². The molecule has 2 heterocycles. The van der Waals surface area contributed by atoms with E-state index < -0.39 is 85.7 Å². The molecule has 4 aromatic rings. The minimum absolute atomic E-state index is 0.0271. The highest BCUT2D eigenvalue weighted by molar-refractivity contribution is 9.10. The Morgan fingerprint density at radius 3 is 2.15 bits per heavy atom. The summed E-state index contributed by atoms with van der Waals surface area (Å²) < 4.78 is 19.9. The van der Waals surface area contributed by atoms with Crippen molar-refractivity contribution in [3.63, 3.8) is 0 Å². The molecule has 19 heteroatoms. The first-order valence-electron chi connectivity index (χ1n) is 18.5. The lowest BCUT2D eigenvalue weighted by atomic mass is 9.49. The van der Waals surface area contributed by atoms with Crippen LogP contribution in [0.3, 0.4) is 0 Å². The number of allylic oxidation sites excluding steroid dienone is 2. The quantitative estimate of drug-likeness (QED) is 0.0752. The second-order valence-electron chi connectivity index (χ2n) is 15.2. The van der Waals surface area contributed by atoms with Crippen LogP contribution in [-0.2, 0) is 24.6 Å². The number of carbonyl (C=O) groups is 4. The Balaban J connectivity index is 1.34. The summed E-state index contributed by atoms with van der Waals surface area (Å²) in [7, 11) is 4.11. The molecule has 0 aromatic heterocycles. The Morgan fingerprint density at radius 2 is 1.57 bits per heavy atom. The third kappa shape index (κ3) is 5.98. The van der Waals surface area contributed by atoms with Gasteiger partial charge in [-0.15, -0.1) is 0 Å². The third-order valence-corrected chi connectivity index (χ3v) is 12.7. The van der Waals surface area contributed by atoms with Gasteiger partial charge in [0.2, 0.25) is 11.8 Å². The number of phenolic OH excluding ortho intramolecular Hbond substituents is 1. The van der Waals surface area contributed by atoms with Gasteiger partial charge in [-0.25, -0.2) is 9.29 Å². The molecule has 16 nitrogen and oxygen atoms in total. The number of nitro benzene ring substituents is 2. The van der Waals surface area contributed by atoms with Crippen LogP contribution >= 0.6 is 27.5 Å². The summed E-state index contributed by atoms with van der Waals surface area (Å²) in [6.07, 6.45) is 1.48. The minimum atomic E-state index is -1.83. The Bertz CT molecular complexity index is 2560. The van der Waals surface area contributed by atoms with E-state index in [1.54, 1.807) is 36.4 Å². The number of rotatable bonds is 9. The molecule has 2 aliphatic heterocycles. The number of hydrogen-bond acceptors (Lipinski definition) is 12. The summed E-state index contributed by atoms with van der Waals surface area (Å²) in [6, 6.07) is 16.3. The minimum Gasteiger partial charge on any atom is -0.504 e. The van der Waals surface area contributed by atoms with Crippen molar-refractivity contribution in [3.8, 4) is 11.5 Å². The Morgan fingerprint density at radius 1 is 0.933 bits per heavy atom. The molecule has 4 aliphatic rings. The van der Waals surface area contributed by atoms with Gasteiger partial charge < -0.3 is 14.7 Å². The molecule has 2 N–H and O–H groups in total. The van der Waals surface area contributed by atoms with Crippen LogP contribution in [0.5, 0.6) is 11.5 Å². The van der Waals surface area contributed by atoms with Crippen LogP contribution in [-0.4, -0.2) is 64.8 Å². The fourth-order valence-corrected chi connectivity index (χ4v) is 10.3. The number of imide groups is 2. The molecule has 0 bridgehead atoms. The molecular weight excluding hydrogens is 871 g/mol. The molecule has 60 heavy (non-hydrogen) atoms. The number of nitrogens with zero attached hydrogens (tertiary/aromatic N) is 5. The average molecular weight is 904 g/mol. The fraction of sp³-hybridized carbons (Fsp3) is 0.268. The van der Waals surface area contributed by atoms with Gasteiger partial charge >= 0.3 is 11.4 Å². The molecule has 308 valence electrons. The molecule has 3 fully saturated rings. The number of hydrazine groups is 1. The van der Waals surface area contributed by atoms with E-state index in [0.29, 0.717) is 20.6 Å². The van der Waals surface area contributed by atoms with Crippen LogP contribution in [0.1, 0.15) is 29.9 Å². The number of halogens is 3. The summed E-state index contributed by atoms with van der Waals surface area (Å²) in [5, 5.41) is 37.6. The van der Waals surface area contributed by atoms with Crippen LogP contribution in [0.4, 0.5) is 32.8 Å². The Hall–Kier alpha value is -6.40. The second-order valence-corrected chi connectivity index (χ2v) is 16.5. The number of amides is 4. The van der Waals surface area contributed by atoms with Crippen LogP contribution in [0.15, 0.2) is 88.9 Å². The number of methoxy groups -OCH3 is 1. The Labute approximate surface area is 353 Å². The van der Waals surface area contributed by atoms with Gasteiger partial charge in [0.15, 0.2) is 17.2 Å². The number of hydrogen-bond donors (Lipinski definition) is 2. The van der Waals surface area contributed by atoms with E-state index >= 15 is 4.79 Å². The number of nitro groups is 2. The smallest absolute Gasteiger partial charge is 0.301 e. The van der Waals surface area contributed by atoms with Crippen LogP contribution in [0.2, 0.25) is 5.02 Å². The van der Waals surface area contributed by atoms with Gasteiger partial charge in [0.1, 0.15) is 5.82 Å². The summed E-state index contributed by atoms with van der Waals surface area (Å²) in [6.45, 7) is 0. The summed E-state index contributed by atoms with van der Waals surface area (Å²) in [5.41, 5.74) is 0.0580. The lowest BCUT2D eigenvalue weighted by Crippen LogP contribution is -2.53. The Kier molecular flexibility index (Phi) is 9.90. The van der Waals surface area contributed by atoms with Crippen molar-refractivity contribution in [3.05, 3.63) is 131 Å². The zero-order chi connectivity index (χ0) is 43.1. The maximum Gasteiger partial charge on any atom is 0.301 e. The molecule has 0 spiro atoms. The van der Waals surface area contributed by atoms with Crippen LogP contribution in [0, 0.1) is 49.7 Å². The SMILES string of the molecule is COc1cc(Br)cc([C@H]2C3=CC[C@@H]4C(=O)N(c5cc([N+](=O)[O-])c(N(C)C)c([N+](=O)[O-])c5)C(=O)[C@@H]4[C@@H]3C[C@H]3C(=O)N(Nc4ccc(F)cc4)C(=O)[C@@]23c2ccc(Cl)cc2)c1O. The predicted octanol–water partition coefficient (Wildman–Crippen LogP) is 7.03. The number of ether oxygens (including phenoxy) is 1. The topological polar surface area (TPSA) is 206 Å². The van der Waals surface area contributed by atoms with Gasteiger partial charge in [-0.05, 0) is 72.9 Å². The summed E-state index contributed by atoms with van der Waals surface area (Å²) >= 11 is 9.85. The highest BCUT2D eigenvalue weighted by Gasteiger charge is 2.71. The summed E-state index contributed by atoms with van der Waals surface area (Å²) in [4.78, 5) is 84.3. The number of phenols is 1. The number of carbonyl (C=O) groups excluding carboxylic acids is 4. The molecule has 6 atom stereocenters. The monoisotopic (exact) mass is 902 g/mol. The van der Waals surface area contributed by atoms with Crippen molar-refractivity contribution in [2.75, 3.05) is 36.4 Å². The van der Waals surface area contributed by atoms with Crippen LogP contribution in [0.25, 0.3) is 0 Å². The van der Waals surface area contributed by atoms with Gasteiger partial charge in [-0.2, -0.15) is 5.01 Å². The second kappa shape index (κ2) is 14.7. The van der Waals surface area contributed by atoms with E-state index in [-0.39, 0.29) is 47.0 Å². The first-order chi connectivity index (χ1) is 28.5. The third-order valence-electron chi connectivity index (χ3n) is 12.0. The lowest BCUT2D eigenvalue weighted by molar-refractivity contribution is -0.392. The molecule has 8 rings (SSSR count). The molecule has 0 radical (unpaired) electrons. The number of aromatic hydroxyl groups is 1. The normalized spacial score (nSPS) is 24.4. The number of nitrogens with one attached hydrogen (secondary N) is 1. The molecule has 1 saturated carbocycles. The number of fused-ring (bicyclic) bond motifs is 4. The van der Waals surface area contributed by atoms with Gasteiger partial charge in [-0.3, -0.25) is 44.8 Å². The molecular formula is C41H33BrClFN6O10. The van der Waals surface area contributed by atoms with E-state index in [1.807, 2.05) is 0 Å². The maximum atomic E-state index is 15.4. The van der Waals surface area contributed by atoms with E-state index in [1.165, 1.54) is 44.3 Å². The molecule has 2 saturated heterocycles. The van der Waals surface area contributed by atoms with Gasteiger partial charge in [0.25, 0.3) is 11.8 Å². The van der Waals surface area contributed by atoms with Crippen molar-refractivity contribution in [1.82, 2.24) is 5.01 Å². The van der Waals surface area contributed by atoms with Gasteiger partial charge in [0.05, 0.1) is 51.5 Å². The first-order valence-corrected chi connectivity index (χ1v) is 19.6. The van der Waals surface area contributed by atoms with E-state index in [2.05, 4.69) is 21.4 Å². The molecule has 4 aromatic carbocycles. The van der Waals surface area contributed by atoms with Crippen molar-refractivity contribution in [2.24, 2.45) is 23.7 Å². The van der Waals surface area contributed by atoms with Crippen molar-refractivity contribution in [2.45, 2.75) is 24.2 Å². The lowest BCUT2D eigenvalue weighted by Gasteiger charge is -2.50.